The van der Waals surface area contributed by atoms with E-state index in [0.717, 1.165) is 13.2 Å². The fraction of sp³-hybridized carbons (Fsp3) is 0.400. The molecule has 10 heavy (non-hydrogen) atoms. The normalized spacial score (nSPS) is 14.6. The number of aliphatic imine (C=N–C) groups is 1. The van der Waals surface area contributed by atoms with Crippen molar-refractivity contribution in [3.8, 4) is 0 Å². The maximum absolute atomic E-state index is 11.7. The van der Waals surface area contributed by atoms with E-state index in [-0.39, 0.29) is 0 Å². The Labute approximate surface area is 56.2 Å². The molecule has 0 aliphatic heterocycles. The van der Waals surface area contributed by atoms with Gasteiger partial charge in [0.25, 0.3) is 0 Å². The topological polar surface area (TPSA) is 38.4 Å². The van der Waals surface area contributed by atoms with Crippen LogP contribution in [0, 0.1) is 0 Å². The SMILES string of the molecule is CN=C(/C=C\N)C(F)(F)F. The smallest absolute Gasteiger partial charge is 0.405 e. The highest BCUT2D eigenvalue weighted by molar-refractivity contribution is 5.99. The summed E-state index contributed by atoms with van der Waals surface area (Å²) in [6.45, 7) is 0. The summed E-state index contributed by atoms with van der Waals surface area (Å²) in [4.78, 5) is 2.97. The van der Waals surface area contributed by atoms with E-state index in [1.165, 1.54) is 0 Å². The first-order valence-electron chi connectivity index (χ1n) is 2.44. The lowest BCUT2D eigenvalue weighted by Crippen LogP contribution is -2.20. The Hall–Kier alpha value is -1.00. The average Bonchev–Trinajstić information content (AvgIpc) is 1.80. The van der Waals surface area contributed by atoms with Gasteiger partial charge in [0, 0.05) is 7.05 Å². The Balaban J connectivity index is 4.39. The molecule has 0 radical (unpaired) electrons. The molecular formula is C5H7F3N2. The molecule has 58 valence electrons. The molecule has 0 aromatic rings. The van der Waals surface area contributed by atoms with Crippen molar-refractivity contribution in [2.45, 2.75) is 6.18 Å². The van der Waals surface area contributed by atoms with E-state index in [1.807, 2.05) is 0 Å². The molecule has 0 aliphatic rings. The van der Waals surface area contributed by atoms with Crippen LogP contribution in [0.2, 0.25) is 0 Å². The van der Waals surface area contributed by atoms with Gasteiger partial charge < -0.3 is 5.73 Å². The Morgan fingerprint density at radius 1 is 1.50 bits per heavy atom. The number of hydrogen-bond acceptors (Lipinski definition) is 2. The molecule has 2 nitrogen and oxygen atoms in total. The van der Waals surface area contributed by atoms with Crippen LogP contribution >= 0.6 is 0 Å². The third-order valence-corrected chi connectivity index (χ3v) is 0.785. The highest BCUT2D eigenvalue weighted by Gasteiger charge is 2.32. The van der Waals surface area contributed by atoms with Gasteiger partial charge in [-0.3, -0.25) is 4.99 Å². The van der Waals surface area contributed by atoms with Crippen LogP contribution in [-0.2, 0) is 0 Å². The first-order chi connectivity index (χ1) is 4.52. The molecule has 0 fully saturated rings. The van der Waals surface area contributed by atoms with Crippen LogP contribution in [0.4, 0.5) is 13.2 Å². The third kappa shape index (κ3) is 2.52. The summed E-state index contributed by atoms with van der Waals surface area (Å²) in [7, 11) is 1.06. The Morgan fingerprint density at radius 2 is 2.00 bits per heavy atom. The van der Waals surface area contributed by atoms with E-state index in [9.17, 15) is 13.2 Å². The zero-order chi connectivity index (χ0) is 8.20. The van der Waals surface area contributed by atoms with Gasteiger partial charge in [-0.1, -0.05) is 0 Å². The second-order valence-corrected chi connectivity index (χ2v) is 1.47. The molecule has 0 saturated carbocycles. The highest BCUT2D eigenvalue weighted by atomic mass is 19.4. The predicted octanol–water partition coefficient (Wildman–Crippen LogP) is 1.09. The third-order valence-electron chi connectivity index (χ3n) is 0.785. The van der Waals surface area contributed by atoms with Crippen LogP contribution in [0.15, 0.2) is 17.3 Å². The van der Waals surface area contributed by atoms with Gasteiger partial charge in [0.05, 0.1) is 0 Å². The molecule has 0 saturated heterocycles. The number of allylic oxidation sites excluding steroid dienone is 1. The molecule has 2 N–H and O–H groups in total. The van der Waals surface area contributed by atoms with E-state index in [4.69, 9.17) is 5.73 Å². The van der Waals surface area contributed by atoms with Crippen LogP contribution in [-0.4, -0.2) is 18.9 Å². The van der Waals surface area contributed by atoms with Crippen LogP contribution in [0.1, 0.15) is 0 Å². The van der Waals surface area contributed by atoms with Crippen molar-refractivity contribution >= 4 is 5.71 Å². The van der Waals surface area contributed by atoms with Crippen molar-refractivity contribution in [2.75, 3.05) is 7.05 Å². The summed E-state index contributed by atoms with van der Waals surface area (Å²) in [5, 5.41) is 0. The van der Waals surface area contributed by atoms with E-state index < -0.39 is 11.9 Å². The zero-order valence-electron chi connectivity index (χ0n) is 5.31. The molecule has 0 heterocycles. The quantitative estimate of drug-likeness (QED) is 0.561. The lowest BCUT2D eigenvalue weighted by atomic mass is 10.3. The number of hydrogen-bond donors (Lipinski definition) is 1. The molecule has 0 amide bonds. The highest BCUT2D eigenvalue weighted by Crippen LogP contribution is 2.17. The van der Waals surface area contributed by atoms with Crippen molar-refractivity contribution in [1.82, 2.24) is 0 Å². The number of nitrogens with two attached hydrogens (primary N) is 1. The first kappa shape index (κ1) is 9.00. The Bertz CT molecular complexity index is 157. The van der Waals surface area contributed by atoms with Gasteiger partial charge in [-0.15, -0.1) is 0 Å². The molecule has 0 aliphatic carbocycles. The number of alkyl halides is 3. The lowest BCUT2D eigenvalue weighted by molar-refractivity contribution is -0.0577. The van der Waals surface area contributed by atoms with Gasteiger partial charge in [0.15, 0.2) is 0 Å². The van der Waals surface area contributed by atoms with Crippen LogP contribution in [0.3, 0.4) is 0 Å². The van der Waals surface area contributed by atoms with Crippen LogP contribution in [0.5, 0.6) is 0 Å². The van der Waals surface area contributed by atoms with Crippen molar-refractivity contribution in [1.29, 1.82) is 0 Å². The van der Waals surface area contributed by atoms with Crippen molar-refractivity contribution in [3.63, 3.8) is 0 Å². The monoisotopic (exact) mass is 152 g/mol. The second-order valence-electron chi connectivity index (χ2n) is 1.47. The lowest BCUT2D eigenvalue weighted by Gasteiger charge is -2.03. The van der Waals surface area contributed by atoms with Gasteiger partial charge in [0.2, 0.25) is 0 Å². The maximum Gasteiger partial charge on any atom is 0.432 e. The van der Waals surface area contributed by atoms with Gasteiger partial charge >= 0.3 is 6.18 Å². The van der Waals surface area contributed by atoms with E-state index in [0.29, 0.717) is 6.08 Å². The minimum atomic E-state index is -4.40. The summed E-state index contributed by atoms with van der Waals surface area (Å²) in [5.41, 5.74) is 3.76. The molecular weight excluding hydrogens is 145 g/mol. The van der Waals surface area contributed by atoms with Crippen molar-refractivity contribution in [2.24, 2.45) is 10.7 Å². The minimum Gasteiger partial charge on any atom is -0.405 e. The fourth-order valence-electron chi connectivity index (χ4n) is 0.387. The van der Waals surface area contributed by atoms with Crippen LogP contribution in [0.25, 0.3) is 0 Å². The zero-order valence-corrected chi connectivity index (χ0v) is 5.31. The number of rotatable bonds is 1. The van der Waals surface area contributed by atoms with Crippen LogP contribution < -0.4 is 5.73 Å². The van der Waals surface area contributed by atoms with E-state index in [1.54, 1.807) is 0 Å². The molecule has 0 aromatic heterocycles. The molecule has 0 bridgehead atoms. The molecule has 0 rings (SSSR count). The van der Waals surface area contributed by atoms with Gasteiger partial charge in [-0.05, 0) is 12.3 Å². The largest absolute Gasteiger partial charge is 0.432 e. The molecule has 0 aromatic carbocycles. The van der Waals surface area contributed by atoms with Gasteiger partial charge in [0.1, 0.15) is 5.71 Å². The summed E-state index contributed by atoms with van der Waals surface area (Å²) >= 11 is 0. The summed E-state index contributed by atoms with van der Waals surface area (Å²) in [6, 6.07) is 0. The standard InChI is InChI=1S/C5H7F3N2/c1-10-4(2-3-9)5(6,7)8/h2-3H,9H2,1H3/b3-2-,10-4?. The van der Waals surface area contributed by atoms with Gasteiger partial charge in [-0.25, -0.2) is 0 Å². The predicted molar refractivity (Wildman–Crippen MR) is 32.7 cm³/mol. The van der Waals surface area contributed by atoms with Crippen molar-refractivity contribution in [3.05, 3.63) is 12.3 Å². The number of halogens is 3. The average molecular weight is 152 g/mol. The fourth-order valence-corrected chi connectivity index (χ4v) is 0.387. The van der Waals surface area contributed by atoms with Gasteiger partial charge in [-0.2, -0.15) is 13.2 Å². The molecule has 0 spiro atoms. The van der Waals surface area contributed by atoms with Crippen molar-refractivity contribution < 1.29 is 13.2 Å². The summed E-state index contributed by atoms with van der Waals surface area (Å²) in [5.74, 6) is 0. The summed E-state index contributed by atoms with van der Waals surface area (Å²) < 4.78 is 35.0. The molecule has 5 heteroatoms. The Kier molecular flexibility index (Phi) is 2.92. The molecule has 0 unspecified atom stereocenters. The minimum absolute atomic E-state index is 0.708. The second kappa shape index (κ2) is 3.24. The van der Waals surface area contributed by atoms with E-state index >= 15 is 0 Å². The first-order valence-corrected chi connectivity index (χ1v) is 2.44. The van der Waals surface area contributed by atoms with E-state index in [2.05, 4.69) is 4.99 Å². The number of nitrogens with zero attached hydrogens (tertiary/aromatic N) is 1. The molecule has 0 atom stereocenters. The Morgan fingerprint density at radius 3 is 2.10 bits per heavy atom. The maximum atomic E-state index is 11.7. The summed E-state index contributed by atoms with van der Waals surface area (Å²) in [6.07, 6.45) is -2.89.